The van der Waals surface area contributed by atoms with Crippen molar-refractivity contribution in [1.29, 1.82) is 0 Å². The summed E-state index contributed by atoms with van der Waals surface area (Å²) in [6, 6.07) is 56.6. The lowest BCUT2D eigenvalue weighted by Crippen LogP contribution is -2.18. The van der Waals surface area contributed by atoms with E-state index >= 15 is 0 Å². The van der Waals surface area contributed by atoms with E-state index in [-0.39, 0.29) is 16.2 Å². The quantitative estimate of drug-likeness (QED) is 0.166. The van der Waals surface area contributed by atoms with E-state index in [4.69, 9.17) is 23.8 Å². The van der Waals surface area contributed by atoms with Gasteiger partial charge in [-0.15, -0.1) is 0 Å². The molecule has 4 heterocycles. The average molecular weight is 977 g/mol. The van der Waals surface area contributed by atoms with Crippen LogP contribution >= 0.6 is 0 Å². The first-order valence-electron chi connectivity index (χ1n) is 26.4. The van der Waals surface area contributed by atoms with Crippen LogP contribution in [0, 0.1) is 0 Å². The van der Waals surface area contributed by atoms with Gasteiger partial charge in [0.2, 0.25) is 0 Å². The van der Waals surface area contributed by atoms with E-state index in [1.54, 1.807) is 0 Å². The van der Waals surface area contributed by atoms with Crippen molar-refractivity contribution in [1.82, 2.24) is 19.5 Å². The molecule has 0 bridgehead atoms. The Bertz CT molecular complexity index is 4220. The standard InChI is InChI=1S/C69H60N4O2/c1-67(2,3)46-30-33-57-54(38-46)55-39-47(68(4,5)6)40-56(69(7,8)9)63(55)73(57)62-52(41-20-12-10-13-21-41)34-45(35-53(62)42-22-14-11-15-23-42)66-71-64(43-28-31-50-48-24-16-18-26-58(48)74-60(50)36-43)70-65(72-66)44-29-32-51-49-25-17-19-27-59(49)75-61(51)37-44/h10,12-14,16-40H,11,15H2,1-9H3. The van der Waals surface area contributed by atoms with Gasteiger partial charge in [-0.25, -0.2) is 15.0 Å². The molecule has 1 aliphatic carbocycles. The topological polar surface area (TPSA) is 69.9 Å². The van der Waals surface area contributed by atoms with Crippen LogP contribution in [-0.4, -0.2) is 19.5 Å². The molecule has 0 amide bonds. The molecule has 8 aromatic carbocycles. The average Bonchev–Trinajstić information content (AvgIpc) is 4.12. The van der Waals surface area contributed by atoms with Gasteiger partial charge in [-0.2, -0.15) is 0 Å². The highest BCUT2D eigenvalue weighted by Gasteiger charge is 2.30. The molecule has 6 nitrogen and oxygen atoms in total. The molecule has 12 aromatic rings. The number of rotatable bonds is 6. The van der Waals surface area contributed by atoms with E-state index in [1.807, 2.05) is 36.4 Å². The molecular formula is C69H60N4O2. The van der Waals surface area contributed by atoms with Crippen LogP contribution in [0.15, 0.2) is 185 Å². The number of nitrogens with zero attached hydrogens (tertiary/aromatic N) is 4. The van der Waals surface area contributed by atoms with Crippen LogP contribution in [0.3, 0.4) is 0 Å². The van der Waals surface area contributed by atoms with Crippen molar-refractivity contribution in [2.45, 2.75) is 91.4 Å². The van der Waals surface area contributed by atoms with E-state index in [0.717, 1.165) is 95.8 Å². The van der Waals surface area contributed by atoms with Crippen molar-refractivity contribution in [3.8, 4) is 51.0 Å². The van der Waals surface area contributed by atoms with Gasteiger partial charge in [-0.1, -0.05) is 172 Å². The summed E-state index contributed by atoms with van der Waals surface area (Å²) in [5.74, 6) is 1.66. The number of aromatic nitrogens is 4. The smallest absolute Gasteiger partial charge is 0.164 e. The Morgan fingerprint density at radius 1 is 0.413 bits per heavy atom. The Balaban J connectivity index is 1.13. The summed E-state index contributed by atoms with van der Waals surface area (Å²) in [6.45, 7) is 21.0. The van der Waals surface area contributed by atoms with Crippen LogP contribution in [-0.2, 0) is 16.2 Å². The highest BCUT2D eigenvalue weighted by molar-refractivity contribution is 6.13. The molecule has 0 fully saturated rings. The molecule has 75 heavy (non-hydrogen) atoms. The first-order valence-corrected chi connectivity index (χ1v) is 26.4. The maximum absolute atomic E-state index is 6.46. The molecule has 0 unspecified atom stereocenters. The van der Waals surface area contributed by atoms with Crippen molar-refractivity contribution in [3.05, 3.63) is 198 Å². The van der Waals surface area contributed by atoms with E-state index in [9.17, 15) is 0 Å². The predicted octanol–water partition coefficient (Wildman–Crippen LogP) is 19.1. The second-order valence-corrected chi connectivity index (χ2v) is 23.6. The van der Waals surface area contributed by atoms with Crippen LogP contribution < -0.4 is 0 Å². The fourth-order valence-corrected chi connectivity index (χ4v) is 11.2. The molecule has 0 atom stereocenters. The molecule has 368 valence electrons. The molecule has 0 radical (unpaired) electrons. The number of allylic oxidation sites excluding steroid dienone is 4. The third-order valence-corrected chi connectivity index (χ3v) is 15.3. The number of benzene rings is 8. The second-order valence-electron chi connectivity index (χ2n) is 23.6. The molecule has 0 aliphatic heterocycles. The first-order chi connectivity index (χ1) is 36.0. The molecule has 13 rings (SSSR count). The number of para-hydroxylation sites is 2. The molecule has 6 heteroatoms. The second kappa shape index (κ2) is 17.1. The highest BCUT2D eigenvalue weighted by atomic mass is 16.3. The van der Waals surface area contributed by atoms with Crippen molar-refractivity contribution >= 4 is 71.3 Å². The SMILES string of the molecule is CC(C)(C)c1ccc2c(c1)c1cc(C(C)(C)C)cc(C(C)(C)C)c1n2-c1c(C2=CCCC=C2)cc(-c2nc(-c3ccc4c(c3)oc3ccccc34)nc(-c3ccc4c(c3)oc3ccccc34)n2)cc1-c1ccccc1. The van der Waals surface area contributed by atoms with Crippen LogP contribution in [0.25, 0.3) is 122 Å². The number of furan rings is 2. The minimum Gasteiger partial charge on any atom is -0.456 e. The Morgan fingerprint density at radius 2 is 0.960 bits per heavy atom. The fraction of sp³-hybridized carbons (Fsp3) is 0.203. The number of hydrogen-bond donors (Lipinski definition) is 0. The Hall–Kier alpha value is -8.35. The van der Waals surface area contributed by atoms with Gasteiger partial charge in [-0.3, -0.25) is 0 Å². The zero-order valence-corrected chi connectivity index (χ0v) is 44.3. The molecule has 4 aromatic heterocycles. The van der Waals surface area contributed by atoms with Crippen LogP contribution in [0.5, 0.6) is 0 Å². The Labute approximate surface area is 438 Å². The minimum atomic E-state index is -0.191. The van der Waals surface area contributed by atoms with Gasteiger partial charge in [-0.05, 0) is 124 Å². The summed E-state index contributed by atoms with van der Waals surface area (Å²) in [5, 5.41) is 6.76. The van der Waals surface area contributed by atoms with Crippen molar-refractivity contribution in [2.24, 2.45) is 0 Å². The molecule has 0 saturated heterocycles. The van der Waals surface area contributed by atoms with Crippen molar-refractivity contribution in [2.75, 3.05) is 0 Å². The van der Waals surface area contributed by atoms with Gasteiger partial charge >= 0.3 is 0 Å². The van der Waals surface area contributed by atoms with Crippen molar-refractivity contribution in [3.63, 3.8) is 0 Å². The van der Waals surface area contributed by atoms with Crippen LogP contribution in [0.2, 0.25) is 0 Å². The summed E-state index contributed by atoms with van der Waals surface area (Å²) in [7, 11) is 0. The van der Waals surface area contributed by atoms with E-state index in [1.165, 1.54) is 44.1 Å². The Morgan fingerprint density at radius 3 is 1.53 bits per heavy atom. The molecule has 0 N–H and O–H groups in total. The summed E-state index contributed by atoms with van der Waals surface area (Å²) in [5.41, 5.74) is 17.4. The summed E-state index contributed by atoms with van der Waals surface area (Å²) in [4.78, 5) is 16.2. The molecule has 0 saturated carbocycles. The van der Waals surface area contributed by atoms with Crippen LogP contribution in [0.1, 0.15) is 97.4 Å². The minimum absolute atomic E-state index is 0.0469. The highest BCUT2D eigenvalue weighted by Crippen LogP contribution is 2.48. The lowest BCUT2D eigenvalue weighted by Gasteiger charge is -2.28. The van der Waals surface area contributed by atoms with Crippen LogP contribution in [0.4, 0.5) is 0 Å². The van der Waals surface area contributed by atoms with Gasteiger partial charge in [0, 0.05) is 60.1 Å². The first kappa shape index (κ1) is 46.4. The third kappa shape index (κ3) is 7.97. The number of hydrogen-bond acceptors (Lipinski definition) is 5. The lowest BCUT2D eigenvalue weighted by atomic mass is 9.79. The zero-order valence-electron chi connectivity index (χ0n) is 44.3. The van der Waals surface area contributed by atoms with Gasteiger partial charge in [0.1, 0.15) is 22.3 Å². The lowest BCUT2D eigenvalue weighted by molar-refractivity contribution is 0.572. The summed E-state index contributed by atoms with van der Waals surface area (Å²) >= 11 is 0. The molecular weight excluding hydrogens is 917 g/mol. The van der Waals surface area contributed by atoms with Gasteiger partial charge in [0.05, 0.1) is 16.7 Å². The predicted molar refractivity (Wildman–Crippen MR) is 313 cm³/mol. The fourth-order valence-electron chi connectivity index (χ4n) is 11.2. The zero-order chi connectivity index (χ0) is 51.5. The van der Waals surface area contributed by atoms with Gasteiger partial charge in [0.25, 0.3) is 0 Å². The van der Waals surface area contributed by atoms with Gasteiger partial charge < -0.3 is 13.4 Å². The van der Waals surface area contributed by atoms with Crippen molar-refractivity contribution < 1.29 is 8.83 Å². The maximum Gasteiger partial charge on any atom is 0.164 e. The van der Waals surface area contributed by atoms with E-state index < -0.39 is 0 Å². The monoisotopic (exact) mass is 976 g/mol. The summed E-state index contributed by atoms with van der Waals surface area (Å²) in [6.07, 6.45) is 8.96. The molecule has 0 spiro atoms. The molecule has 1 aliphatic rings. The summed E-state index contributed by atoms with van der Waals surface area (Å²) < 4.78 is 15.5. The van der Waals surface area contributed by atoms with E-state index in [0.29, 0.717) is 17.5 Å². The Kier molecular flexibility index (Phi) is 10.6. The largest absolute Gasteiger partial charge is 0.456 e. The number of fused-ring (bicyclic) bond motifs is 9. The maximum atomic E-state index is 6.46. The van der Waals surface area contributed by atoms with E-state index in [2.05, 4.69) is 206 Å². The van der Waals surface area contributed by atoms with Gasteiger partial charge in [0.15, 0.2) is 17.5 Å². The normalized spacial score (nSPS) is 13.6. The third-order valence-electron chi connectivity index (χ3n) is 15.3.